The maximum Gasteiger partial charge on any atom is 0.281 e. The van der Waals surface area contributed by atoms with Crippen LogP contribution < -0.4 is 10.1 Å². The topological polar surface area (TPSA) is 67.3 Å². The summed E-state index contributed by atoms with van der Waals surface area (Å²) in [7, 11) is 0. The van der Waals surface area contributed by atoms with Crippen molar-refractivity contribution in [1.82, 2.24) is 20.2 Å². The Labute approximate surface area is 210 Å². The van der Waals surface area contributed by atoms with E-state index in [0.29, 0.717) is 36.7 Å². The maximum atomic E-state index is 14.2. The molecule has 1 aliphatic heterocycles. The Kier molecular flexibility index (Phi) is 8.25. The average Bonchev–Trinajstić information content (AvgIpc) is 3.30. The lowest BCUT2D eigenvalue weighted by Crippen LogP contribution is -2.44. The van der Waals surface area contributed by atoms with E-state index in [4.69, 9.17) is 16.3 Å². The van der Waals surface area contributed by atoms with Gasteiger partial charge >= 0.3 is 0 Å². The Morgan fingerprint density at radius 1 is 1.26 bits per heavy atom. The lowest BCUT2D eigenvalue weighted by Gasteiger charge is -2.37. The summed E-state index contributed by atoms with van der Waals surface area (Å²) in [5.41, 5.74) is 1.65. The van der Waals surface area contributed by atoms with Crippen molar-refractivity contribution < 1.29 is 22.7 Å². The Bertz CT molecular complexity index is 1150. The summed E-state index contributed by atoms with van der Waals surface area (Å²) in [6, 6.07) is 8.98. The van der Waals surface area contributed by atoms with E-state index in [1.807, 2.05) is 24.0 Å². The van der Waals surface area contributed by atoms with Crippen LogP contribution in [0.3, 0.4) is 0 Å². The molecule has 35 heavy (non-hydrogen) atoms. The number of pyridine rings is 1. The summed E-state index contributed by atoms with van der Waals surface area (Å²) in [6.07, 6.45) is -1.50. The molecule has 1 aromatic carbocycles. The molecule has 11 heteroatoms. The van der Waals surface area contributed by atoms with E-state index in [9.17, 15) is 18.0 Å². The van der Waals surface area contributed by atoms with E-state index in [0.717, 1.165) is 23.1 Å². The lowest BCUT2D eigenvalue weighted by molar-refractivity contribution is 0.0680. The van der Waals surface area contributed by atoms with Gasteiger partial charge in [0.05, 0.1) is 27.0 Å². The molecule has 1 fully saturated rings. The molecule has 3 heterocycles. The van der Waals surface area contributed by atoms with Gasteiger partial charge in [-0.2, -0.15) is 0 Å². The van der Waals surface area contributed by atoms with Crippen LogP contribution >= 0.6 is 22.9 Å². The van der Waals surface area contributed by atoms with Crippen LogP contribution in [-0.4, -0.2) is 46.5 Å². The monoisotopic (exact) mass is 524 g/mol. The van der Waals surface area contributed by atoms with Crippen molar-refractivity contribution in [2.45, 2.75) is 38.3 Å². The smallest absolute Gasteiger partial charge is 0.281 e. The van der Waals surface area contributed by atoms with Gasteiger partial charge in [0.1, 0.15) is 17.6 Å². The van der Waals surface area contributed by atoms with E-state index in [-0.39, 0.29) is 28.9 Å². The third-order valence-electron chi connectivity index (χ3n) is 5.85. The minimum absolute atomic E-state index is 0.00360. The van der Waals surface area contributed by atoms with Crippen molar-refractivity contribution in [3.63, 3.8) is 0 Å². The molecule has 6 nitrogen and oxygen atoms in total. The third kappa shape index (κ3) is 6.12. The summed E-state index contributed by atoms with van der Waals surface area (Å²) in [6.45, 7) is 2.99. The molecule has 1 saturated heterocycles. The molecule has 2 aromatic heterocycles. The van der Waals surface area contributed by atoms with E-state index >= 15 is 0 Å². The molecule has 186 valence electrons. The highest BCUT2D eigenvalue weighted by atomic mass is 35.5. The van der Waals surface area contributed by atoms with Crippen LogP contribution in [-0.2, 0) is 0 Å². The first kappa shape index (κ1) is 25.4. The van der Waals surface area contributed by atoms with Crippen molar-refractivity contribution in [2.75, 3.05) is 19.6 Å². The molecular weight excluding hydrogens is 501 g/mol. The largest absolute Gasteiger partial charge is 0.474 e. The molecule has 0 saturated carbocycles. The second-order valence-electron chi connectivity index (χ2n) is 8.20. The minimum Gasteiger partial charge on any atom is -0.474 e. The SMILES string of the molecule is Cc1cccc(OC2CCN(C(CNC(=O)c3c(F)cccc3Cl)c3scnc3C(F)F)CC2)n1. The zero-order valence-corrected chi connectivity index (χ0v) is 20.5. The van der Waals surface area contributed by atoms with Crippen molar-refractivity contribution >= 4 is 28.8 Å². The summed E-state index contributed by atoms with van der Waals surface area (Å²) >= 11 is 7.12. The predicted octanol–water partition coefficient (Wildman–Crippen LogP) is 5.59. The molecule has 0 bridgehead atoms. The number of aryl methyl sites for hydroxylation is 1. The quantitative estimate of drug-likeness (QED) is 0.416. The van der Waals surface area contributed by atoms with Crippen LogP contribution in [0, 0.1) is 12.7 Å². The molecular formula is C24H24ClF3N4O2S. The van der Waals surface area contributed by atoms with Gasteiger partial charge in [0.15, 0.2) is 0 Å². The van der Waals surface area contributed by atoms with Crippen molar-refractivity contribution in [1.29, 1.82) is 0 Å². The van der Waals surface area contributed by atoms with Crippen LogP contribution in [0.15, 0.2) is 41.9 Å². The Hall–Kier alpha value is -2.69. The normalized spacial score (nSPS) is 15.8. The van der Waals surface area contributed by atoms with Gasteiger partial charge in [-0.15, -0.1) is 11.3 Å². The number of piperidine rings is 1. The number of benzene rings is 1. The number of aromatic nitrogens is 2. The number of carbonyl (C=O) groups excluding carboxylic acids is 1. The number of amides is 1. The Morgan fingerprint density at radius 2 is 2.00 bits per heavy atom. The van der Waals surface area contributed by atoms with Gasteiger partial charge in [-0.3, -0.25) is 9.69 Å². The zero-order chi connectivity index (χ0) is 24.9. The van der Waals surface area contributed by atoms with Gasteiger partial charge in [-0.25, -0.2) is 23.1 Å². The second-order valence-corrected chi connectivity index (χ2v) is 9.49. The predicted molar refractivity (Wildman–Crippen MR) is 128 cm³/mol. The maximum absolute atomic E-state index is 14.2. The van der Waals surface area contributed by atoms with Crippen LogP contribution in [0.5, 0.6) is 5.88 Å². The highest BCUT2D eigenvalue weighted by Crippen LogP contribution is 2.34. The van der Waals surface area contributed by atoms with Crippen LogP contribution in [0.1, 0.15) is 51.9 Å². The Morgan fingerprint density at radius 3 is 2.69 bits per heavy atom. The van der Waals surface area contributed by atoms with Crippen molar-refractivity contribution in [3.05, 3.63) is 74.6 Å². The number of thiazole rings is 1. The summed E-state index contributed by atoms with van der Waals surface area (Å²) in [4.78, 5) is 23.3. The van der Waals surface area contributed by atoms with Gasteiger partial charge in [-0.05, 0) is 38.0 Å². The number of likely N-dealkylation sites (tertiary alicyclic amines) is 1. The summed E-state index contributed by atoms with van der Waals surface area (Å²) in [5, 5.41) is 2.66. The number of alkyl halides is 2. The lowest BCUT2D eigenvalue weighted by atomic mass is 10.0. The van der Waals surface area contributed by atoms with Gasteiger partial charge in [0, 0.05) is 31.4 Å². The van der Waals surface area contributed by atoms with Crippen LogP contribution in [0.2, 0.25) is 5.02 Å². The van der Waals surface area contributed by atoms with Gasteiger partial charge in [-0.1, -0.05) is 23.7 Å². The first-order chi connectivity index (χ1) is 16.8. The number of hydrogen-bond acceptors (Lipinski definition) is 6. The molecule has 1 atom stereocenters. The summed E-state index contributed by atoms with van der Waals surface area (Å²) in [5.74, 6) is -0.901. The standard InChI is InChI=1S/C24H24ClF3N4O2S/c1-14-4-2-7-19(31-14)34-15-8-10-32(11-9-15)18(22-21(23(27)28)30-13-35-22)12-29-24(33)20-16(25)5-3-6-17(20)26/h2-7,13,15,18,23H,8-12H2,1H3,(H,29,33). The van der Waals surface area contributed by atoms with Crippen LogP contribution in [0.4, 0.5) is 13.2 Å². The van der Waals surface area contributed by atoms with Gasteiger partial charge in [0.2, 0.25) is 5.88 Å². The number of ether oxygens (including phenoxy) is 1. The zero-order valence-electron chi connectivity index (χ0n) is 18.9. The molecule has 1 amide bonds. The molecule has 1 unspecified atom stereocenters. The number of halogens is 4. The fraction of sp³-hybridized carbons (Fsp3) is 0.375. The van der Waals surface area contributed by atoms with E-state index in [1.165, 1.54) is 17.6 Å². The van der Waals surface area contributed by atoms with Gasteiger partial charge in [0.25, 0.3) is 12.3 Å². The average molecular weight is 525 g/mol. The van der Waals surface area contributed by atoms with E-state index < -0.39 is 24.2 Å². The van der Waals surface area contributed by atoms with E-state index in [2.05, 4.69) is 15.3 Å². The highest BCUT2D eigenvalue weighted by molar-refractivity contribution is 7.09. The fourth-order valence-corrected chi connectivity index (χ4v) is 5.30. The number of nitrogens with one attached hydrogen (secondary N) is 1. The molecule has 1 N–H and O–H groups in total. The molecule has 4 rings (SSSR count). The first-order valence-corrected chi connectivity index (χ1v) is 12.4. The highest BCUT2D eigenvalue weighted by Gasteiger charge is 2.32. The van der Waals surface area contributed by atoms with Crippen molar-refractivity contribution in [2.24, 2.45) is 0 Å². The minimum atomic E-state index is -2.75. The third-order valence-corrected chi connectivity index (χ3v) is 7.11. The fourth-order valence-electron chi connectivity index (χ4n) is 4.12. The number of nitrogens with zero attached hydrogens (tertiary/aromatic N) is 3. The molecule has 0 aliphatic carbocycles. The van der Waals surface area contributed by atoms with Gasteiger partial charge < -0.3 is 10.1 Å². The first-order valence-electron chi connectivity index (χ1n) is 11.1. The van der Waals surface area contributed by atoms with Crippen LogP contribution in [0.25, 0.3) is 0 Å². The molecule has 1 aliphatic rings. The van der Waals surface area contributed by atoms with Crippen molar-refractivity contribution in [3.8, 4) is 5.88 Å². The number of hydrogen-bond donors (Lipinski definition) is 1. The molecule has 0 spiro atoms. The second kappa shape index (κ2) is 11.4. The van der Waals surface area contributed by atoms with E-state index in [1.54, 1.807) is 6.07 Å². The summed E-state index contributed by atoms with van der Waals surface area (Å²) < 4.78 is 47.5. The number of carbonyl (C=O) groups is 1. The Balaban J connectivity index is 1.47. The molecule has 3 aromatic rings. The molecule has 0 radical (unpaired) electrons. The number of rotatable bonds is 8.